The molecule has 0 radical (unpaired) electrons. The molecule has 5 rings (SSSR count). The number of nitrogens with zero attached hydrogens (tertiary/aromatic N) is 4. The molecule has 0 atom stereocenters. The summed E-state index contributed by atoms with van der Waals surface area (Å²) in [5, 5.41) is 10.0. The Balaban J connectivity index is 1.33. The van der Waals surface area contributed by atoms with Gasteiger partial charge in [0.2, 0.25) is 5.91 Å². The van der Waals surface area contributed by atoms with Crippen LogP contribution in [0.3, 0.4) is 0 Å². The molecule has 8 nitrogen and oxygen atoms in total. The minimum absolute atomic E-state index is 0.0868. The van der Waals surface area contributed by atoms with Crippen molar-refractivity contribution >= 4 is 11.7 Å². The SMILES string of the molecule is COc1ccc([C@H]2CC[C@H](CN(c3cc(-c4coc(C(C)C)n4)ccn3)C(=O)[C@H]3CC[C@H](O)CC3)CC2)nc1C. The van der Waals surface area contributed by atoms with Crippen molar-refractivity contribution in [3.63, 3.8) is 0 Å². The highest BCUT2D eigenvalue weighted by Crippen LogP contribution is 2.38. The van der Waals surface area contributed by atoms with E-state index in [1.807, 2.05) is 30.0 Å². The summed E-state index contributed by atoms with van der Waals surface area (Å²) in [6, 6.07) is 7.99. The fourth-order valence-corrected chi connectivity index (χ4v) is 6.16. The lowest BCUT2D eigenvalue weighted by Gasteiger charge is -2.35. The lowest BCUT2D eigenvalue weighted by atomic mass is 9.79. The largest absolute Gasteiger partial charge is 0.495 e. The van der Waals surface area contributed by atoms with Gasteiger partial charge in [0.05, 0.1) is 18.9 Å². The van der Waals surface area contributed by atoms with E-state index in [1.54, 1.807) is 19.6 Å². The summed E-state index contributed by atoms with van der Waals surface area (Å²) in [6.45, 7) is 6.74. The number of oxazole rings is 1. The van der Waals surface area contributed by atoms with Crippen LogP contribution in [0.4, 0.5) is 5.82 Å². The molecule has 1 N–H and O–H groups in total. The Morgan fingerprint density at radius 3 is 2.48 bits per heavy atom. The van der Waals surface area contributed by atoms with E-state index in [-0.39, 0.29) is 23.8 Å². The van der Waals surface area contributed by atoms with Gasteiger partial charge in [0.25, 0.3) is 0 Å². The number of anilines is 1. The number of aryl methyl sites for hydroxylation is 1. The van der Waals surface area contributed by atoms with Crippen LogP contribution in [-0.2, 0) is 4.79 Å². The molecule has 2 saturated carbocycles. The normalized spacial score (nSPS) is 23.2. The van der Waals surface area contributed by atoms with Crippen molar-refractivity contribution in [1.29, 1.82) is 0 Å². The number of aromatic nitrogens is 3. The number of carbonyl (C=O) groups is 1. The van der Waals surface area contributed by atoms with Crippen LogP contribution in [0.1, 0.15) is 94.3 Å². The topological polar surface area (TPSA) is 102 Å². The van der Waals surface area contributed by atoms with Gasteiger partial charge in [-0.3, -0.25) is 14.7 Å². The number of amides is 1. The highest BCUT2D eigenvalue weighted by Gasteiger charge is 2.33. The predicted octanol–water partition coefficient (Wildman–Crippen LogP) is 6.43. The van der Waals surface area contributed by atoms with Crippen molar-refractivity contribution in [3.8, 4) is 17.0 Å². The molecular formula is C32H42N4O4. The molecule has 3 aromatic heterocycles. The molecule has 0 unspecified atom stereocenters. The van der Waals surface area contributed by atoms with E-state index >= 15 is 0 Å². The Morgan fingerprint density at radius 1 is 1.07 bits per heavy atom. The molecule has 0 aliphatic heterocycles. The Hall–Kier alpha value is -3.26. The Labute approximate surface area is 237 Å². The number of aliphatic hydroxyl groups excluding tert-OH is 1. The smallest absolute Gasteiger partial charge is 0.231 e. The van der Waals surface area contributed by atoms with Gasteiger partial charge in [0.15, 0.2) is 5.89 Å². The summed E-state index contributed by atoms with van der Waals surface area (Å²) in [5.41, 5.74) is 3.70. The van der Waals surface area contributed by atoms with Gasteiger partial charge in [0.1, 0.15) is 23.5 Å². The Morgan fingerprint density at radius 2 is 1.82 bits per heavy atom. The molecule has 0 saturated heterocycles. The van der Waals surface area contributed by atoms with E-state index in [4.69, 9.17) is 14.1 Å². The first-order chi connectivity index (χ1) is 19.3. The second-order valence-corrected chi connectivity index (χ2v) is 11.8. The van der Waals surface area contributed by atoms with Gasteiger partial charge >= 0.3 is 0 Å². The number of hydrogen-bond donors (Lipinski definition) is 1. The molecule has 3 aromatic rings. The zero-order chi connectivity index (χ0) is 28.2. The fourth-order valence-electron chi connectivity index (χ4n) is 6.16. The van der Waals surface area contributed by atoms with Gasteiger partial charge in [-0.2, -0.15) is 0 Å². The second kappa shape index (κ2) is 12.5. The van der Waals surface area contributed by atoms with Crippen LogP contribution in [-0.4, -0.2) is 45.7 Å². The third-order valence-electron chi connectivity index (χ3n) is 8.63. The van der Waals surface area contributed by atoms with Crippen LogP contribution < -0.4 is 9.64 Å². The first-order valence-corrected chi connectivity index (χ1v) is 14.7. The maximum Gasteiger partial charge on any atom is 0.231 e. The number of ether oxygens (including phenoxy) is 1. The van der Waals surface area contributed by atoms with E-state index in [0.717, 1.165) is 54.1 Å². The number of pyridine rings is 2. The Bertz CT molecular complexity index is 1290. The van der Waals surface area contributed by atoms with Gasteiger partial charge in [-0.05, 0) is 88.5 Å². The van der Waals surface area contributed by atoms with Crippen molar-refractivity contribution in [1.82, 2.24) is 15.0 Å². The number of hydrogen-bond acceptors (Lipinski definition) is 7. The lowest BCUT2D eigenvalue weighted by Crippen LogP contribution is -2.42. The maximum absolute atomic E-state index is 14.0. The van der Waals surface area contributed by atoms with Crippen molar-refractivity contribution in [2.24, 2.45) is 11.8 Å². The number of rotatable bonds is 8. The maximum atomic E-state index is 14.0. The zero-order valence-corrected chi connectivity index (χ0v) is 24.2. The minimum atomic E-state index is -0.299. The quantitative estimate of drug-likeness (QED) is 0.347. The van der Waals surface area contributed by atoms with Gasteiger partial charge in [0, 0.05) is 41.8 Å². The molecule has 1 amide bonds. The highest BCUT2D eigenvalue weighted by atomic mass is 16.5. The van der Waals surface area contributed by atoms with Gasteiger partial charge in [-0.15, -0.1) is 0 Å². The summed E-state index contributed by atoms with van der Waals surface area (Å²) >= 11 is 0. The summed E-state index contributed by atoms with van der Waals surface area (Å²) in [4.78, 5) is 30.0. The molecule has 0 bridgehead atoms. The summed E-state index contributed by atoms with van der Waals surface area (Å²) in [6.07, 6.45) is 10.1. The van der Waals surface area contributed by atoms with Crippen molar-refractivity contribution < 1.29 is 19.1 Å². The molecule has 8 heteroatoms. The van der Waals surface area contributed by atoms with Gasteiger partial charge in [-0.1, -0.05) is 13.8 Å². The van der Waals surface area contributed by atoms with Gasteiger partial charge in [-0.25, -0.2) is 9.97 Å². The molecular weight excluding hydrogens is 504 g/mol. The first-order valence-electron chi connectivity index (χ1n) is 14.7. The van der Waals surface area contributed by atoms with Crippen LogP contribution in [0.5, 0.6) is 5.75 Å². The highest BCUT2D eigenvalue weighted by molar-refractivity contribution is 5.94. The average molecular weight is 547 g/mol. The summed E-state index contributed by atoms with van der Waals surface area (Å²) < 4.78 is 11.1. The third kappa shape index (κ3) is 6.38. The van der Waals surface area contributed by atoms with Crippen LogP contribution in [0.2, 0.25) is 0 Å². The summed E-state index contributed by atoms with van der Waals surface area (Å²) in [5.74, 6) is 3.22. The molecule has 2 aliphatic carbocycles. The van der Waals surface area contributed by atoms with Crippen LogP contribution in [0.25, 0.3) is 11.3 Å². The first kappa shape index (κ1) is 28.3. The molecule has 2 aliphatic rings. The van der Waals surface area contributed by atoms with E-state index in [2.05, 4.69) is 29.9 Å². The number of methoxy groups -OCH3 is 1. The minimum Gasteiger partial charge on any atom is -0.495 e. The molecule has 3 heterocycles. The Kier molecular flexibility index (Phi) is 8.84. The standard InChI is InChI=1S/C32H42N4O4/c1-20(2)31-35-28(19-40-31)25-15-16-33-30(17-25)36(32(38)24-9-11-26(37)12-10-24)18-22-5-7-23(8-6-22)27-13-14-29(39-4)21(3)34-27/h13-17,19-20,22-24,26,37H,5-12,18H2,1-4H3/t22-,23-,24-,26-. The van der Waals surface area contributed by atoms with E-state index in [9.17, 15) is 9.90 Å². The second-order valence-electron chi connectivity index (χ2n) is 11.8. The van der Waals surface area contributed by atoms with Crippen LogP contribution in [0.15, 0.2) is 41.1 Å². The monoisotopic (exact) mass is 546 g/mol. The molecule has 0 aromatic carbocycles. The predicted molar refractivity (Wildman–Crippen MR) is 154 cm³/mol. The number of aliphatic hydroxyl groups is 1. The number of carbonyl (C=O) groups excluding carboxylic acids is 1. The van der Waals surface area contributed by atoms with Gasteiger partial charge < -0.3 is 14.3 Å². The molecule has 0 spiro atoms. The van der Waals surface area contributed by atoms with Crippen LogP contribution >= 0.6 is 0 Å². The summed E-state index contributed by atoms with van der Waals surface area (Å²) in [7, 11) is 1.68. The van der Waals surface area contributed by atoms with E-state index in [0.29, 0.717) is 55.8 Å². The van der Waals surface area contributed by atoms with Crippen molar-refractivity contribution in [2.75, 3.05) is 18.6 Å². The lowest BCUT2D eigenvalue weighted by molar-refractivity contribution is -0.124. The van der Waals surface area contributed by atoms with Crippen molar-refractivity contribution in [3.05, 3.63) is 54.0 Å². The zero-order valence-electron chi connectivity index (χ0n) is 24.2. The van der Waals surface area contributed by atoms with Crippen molar-refractivity contribution in [2.45, 2.75) is 90.1 Å². The molecule has 214 valence electrons. The fraction of sp³-hybridized carbons (Fsp3) is 0.562. The van der Waals surface area contributed by atoms with Crippen LogP contribution in [0, 0.1) is 18.8 Å². The van der Waals surface area contributed by atoms with E-state index in [1.165, 1.54) is 0 Å². The third-order valence-corrected chi connectivity index (χ3v) is 8.63. The van der Waals surface area contributed by atoms with E-state index < -0.39 is 0 Å². The average Bonchev–Trinajstić information content (AvgIpc) is 3.47. The molecule has 40 heavy (non-hydrogen) atoms. The molecule has 2 fully saturated rings.